The highest BCUT2D eigenvalue weighted by molar-refractivity contribution is 6.05. The number of carbonyl (C=O) groups is 1. The Morgan fingerprint density at radius 3 is 2.31 bits per heavy atom. The van der Waals surface area contributed by atoms with E-state index < -0.39 is 0 Å². The fourth-order valence-corrected chi connectivity index (χ4v) is 3.20. The maximum absolute atomic E-state index is 13.0. The molecule has 1 aromatic heterocycles. The van der Waals surface area contributed by atoms with Crippen LogP contribution < -0.4 is 10.7 Å². The average Bonchev–Trinajstić information content (AvgIpc) is 2.61. The molecular weight excluding hydrogens is 326 g/mol. The quantitative estimate of drug-likeness (QED) is 0.674. The molecular formula is C22H29NO3. The molecule has 0 bridgehead atoms. The van der Waals surface area contributed by atoms with Crippen molar-refractivity contribution in [3.63, 3.8) is 0 Å². The van der Waals surface area contributed by atoms with Crippen molar-refractivity contribution >= 4 is 11.6 Å². The standard InChI is InChI=1S/C22H29NO3/c1-5-8-9-13-19-20(18(24)14-15(4)26-19)22(25)23-21-16(6-2)11-10-12-17(21)7-3/h10-12,14H,5-9,13H2,1-4H3,(H,23,25). The topological polar surface area (TPSA) is 59.3 Å². The Bertz CT molecular complexity index is 798. The molecule has 0 atom stereocenters. The first kappa shape index (κ1) is 20.0. The van der Waals surface area contributed by atoms with Crippen LogP contribution >= 0.6 is 0 Å². The lowest BCUT2D eigenvalue weighted by Crippen LogP contribution is -2.24. The van der Waals surface area contributed by atoms with E-state index in [0.29, 0.717) is 17.9 Å². The lowest BCUT2D eigenvalue weighted by molar-refractivity contribution is 0.102. The number of para-hydroxylation sites is 1. The van der Waals surface area contributed by atoms with Gasteiger partial charge in [-0.3, -0.25) is 9.59 Å². The van der Waals surface area contributed by atoms with Gasteiger partial charge in [-0.15, -0.1) is 0 Å². The molecule has 0 aliphatic carbocycles. The first-order valence-corrected chi connectivity index (χ1v) is 9.57. The van der Waals surface area contributed by atoms with Crippen LogP contribution in [0, 0.1) is 6.92 Å². The number of carbonyl (C=O) groups excluding carboxylic acids is 1. The van der Waals surface area contributed by atoms with Gasteiger partial charge in [0.2, 0.25) is 0 Å². The van der Waals surface area contributed by atoms with E-state index in [1.54, 1.807) is 6.92 Å². The minimum absolute atomic E-state index is 0.139. The summed E-state index contributed by atoms with van der Waals surface area (Å²) >= 11 is 0. The van der Waals surface area contributed by atoms with Crippen molar-refractivity contribution in [2.45, 2.75) is 66.2 Å². The highest BCUT2D eigenvalue weighted by Gasteiger charge is 2.20. The highest BCUT2D eigenvalue weighted by atomic mass is 16.3. The Labute approximate surface area is 155 Å². The highest BCUT2D eigenvalue weighted by Crippen LogP contribution is 2.24. The summed E-state index contributed by atoms with van der Waals surface area (Å²) < 4.78 is 5.75. The number of amides is 1. The minimum Gasteiger partial charge on any atom is -0.465 e. The predicted molar refractivity (Wildman–Crippen MR) is 106 cm³/mol. The van der Waals surface area contributed by atoms with Crippen molar-refractivity contribution < 1.29 is 9.21 Å². The van der Waals surface area contributed by atoms with E-state index in [1.165, 1.54) is 6.07 Å². The Morgan fingerprint density at radius 1 is 1.08 bits per heavy atom. The summed E-state index contributed by atoms with van der Waals surface area (Å²) in [6.45, 7) is 7.98. The van der Waals surface area contributed by atoms with Crippen LogP contribution in [0.15, 0.2) is 33.5 Å². The number of rotatable bonds is 8. The van der Waals surface area contributed by atoms with Crippen LogP contribution in [-0.2, 0) is 19.3 Å². The minimum atomic E-state index is -0.374. The number of benzene rings is 1. The third-order valence-corrected chi connectivity index (χ3v) is 4.62. The van der Waals surface area contributed by atoms with Crippen molar-refractivity contribution in [3.05, 3.63) is 62.7 Å². The Hall–Kier alpha value is -2.36. The van der Waals surface area contributed by atoms with Gasteiger partial charge in [-0.1, -0.05) is 51.8 Å². The van der Waals surface area contributed by atoms with Crippen molar-refractivity contribution in [2.24, 2.45) is 0 Å². The summed E-state index contributed by atoms with van der Waals surface area (Å²) in [6.07, 6.45) is 5.24. The first-order chi connectivity index (χ1) is 12.5. The van der Waals surface area contributed by atoms with E-state index in [2.05, 4.69) is 26.1 Å². The summed E-state index contributed by atoms with van der Waals surface area (Å²) in [5.41, 5.74) is 2.83. The molecule has 0 aliphatic rings. The molecule has 0 saturated carbocycles. The van der Waals surface area contributed by atoms with Gasteiger partial charge < -0.3 is 9.73 Å². The summed E-state index contributed by atoms with van der Waals surface area (Å²) in [5.74, 6) is 0.662. The molecule has 26 heavy (non-hydrogen) atoms. The Morgan fingerprint density at radius 2 is 1.73 bits per heavy atom. The maximum atomic E-state index is 13.0. The summed E-state index contributed by atoms with van der Waals surface area (Å²) in [5, 5.41) is 2.99. The lowest BCUT2D eigenvalue weighted by Gasteiger charge is -2.15. The van der Waals surface area contributed by atoms with Crippen molar-refractivity contribution in [1.82, 2.24) is 0 Å². The Balaban J connectivity index is 2.40. The number of hydrogen-bond acceptors (Lipinski definition) is 3. The van der Waals surface area contributed by atoms with Crippen molar-refractivity contribution in [3.8, 4) is 0 Å². The van der Waals surface area contributed by atoms with E-state index in [-0.39, 0.29) is 16.9 Å². The van der Waals surface area contributed by atoms with Crippen LogP contribution in [-0.4, -0.2) is 5.91 Å². The summed E-state index contributed by atoms with van der Waals surface area (Å²) in [6, 6.07) is 7.41. The normalized spacial score (nSPS) is 10.8. The van der Waals surface area contributed by atoms with Gasteiger partial charge in [0.15, 0.2) is 5.43 Å². The van der Waals surface area contributed by atoms with E-state index >= 15 is 0 Å². The average molecular weight is 355 g/mol. The molecule has 0 radical (unpaired) electrons. The number of aryl methyl sites for hydroxylation is 4. The summed E-state index contributed by atoms with van der Waals surface area (Å²) in [4.78, 5) is 25.5. The zero-order chi connectivity index (χ0) is 19.1. The number of unbranched alkanes of at least 4 members (excludes halogenated alkanes) is 2. The van der Waals surface area contributed by atoms with Crippen LogP contribution in [0.5, 0.6) is 0 Å². The van der Waals surface area contributed by atoms with Crippen molar-refractivity contribution in [2.75, 3.05) is 5.32 Å². The third-order valence-electron chi connectivity index (χ3n) is 4.62. The predicted octanol–water partition coefficient (Wildman–Crippen LogP) is 5.06. The lowest BCUT2D eigenvalue weighted by atomic mass is 10.0. The maximum Gasteiger partial charge on any atom is 0.263 e. The van der Waals surface area contributed by atoms with E-state index in [4.69, 9.17) is 4.42 Å². The van der Waals surface area contributed by atoms with Gasteiger partial charge in [0.05, 0.1) is 0 Å². The van der Waals surface area contributed by atoms with Crippen LogP contribution in [0.1, 0.15) is 73.0 Å². The molecule has 1 N–H and O–H groups in total. The third kappa shape index (κ3) is 4.63. The number of anilines is 1. The van der Waals surface area contributed by atoms with Crippen molar-refractivity contribution in [1.29, 1.82) is 0 Å². The molecule has 4 heteroatoms. The van der Waals surface area contributed by atoms with Gasteiger partial charge >= 0.3 is 0 Å². The zero-order valence-electron chi connectivity index (χ0n) is 16.3. The van der Waals surface area contributed by atoms with E-state index in [9.17, 15) is 9.59 Å². The molecule has 0 aliphatic heterocycles. The van der Waals surface area contributed by atoms with Crippen LogP contribution in [0.3, 0.4) is 0 Å². The SMILES string of the molecule is CCCCCc1oc(C)cc(=O)c1C(=O)Nc1c(CC)cccc1CC. The molecule has 0 fully saturated rings. The molecule has 4 nitrogen and oxygen atoms in total. The number of nitrogens with one attached hydrogen (secondary N) is 1. The van der Waals surface area contributed by atoms with E-state index in [0.717, 1.165) is 48.9 Å². The molecule has 1 aromatic carbocycles. The largest absolute Gasteiger partial charge is 0.465 e. The Kier molecular flexibility index (Phi) is 7.19. The fraction of sp³-hybridized carbons (Fsp3) is 0.455. The molecule has 1 heterocycles. The second-order valence-corrected chi connectivity index (χ2v) is 6.59. The first-order valence-electron chi connectivity index (χ1n) is 9.57. The molecule has 0 saturated heterocycles. The molecule has 2 rings (SSSR count). The van der Waals surface area contributed by atoms with Gasteiger partial charge in [0.25, 0.3) is 5.91 Å². The van der Waals surface area contributed by atoms with Crippen LogP contribution in [0.25, 0.3) is 0 Å². The monoisotopic (exact) mass is 355 g/mol. The van der Waals surface area contributed by atoms with Gasteiger partial charge in [-0.2, -0.15) is 0 Å². The second-order valence-electron chi connectivity index (χ2n) is 6.59. The molecule has 0 unspecified atom stereocenters. The van der Waals surface area contributed by atoms with Gasteiger partial charge in [-0.25, -0.2) is 0 Å². The van der Waals surface area contributed by atoms with Crippen LogP contribution in [0.2, 0.25) is 0 Å². The van der Waals surface area contributed by atoms with E-state index in [1.807, 2.05) is 18.2 Å². The molecule has 2 aromatic rings. The molecule has 1 amide bonds. The number of hydrogen-bond donors (Lipinski definition) is 1. The second kappa shape index (κ2) is 9.37. The molecule has 0 spiro atoms. The summed E-state index contributed by atoms with van der Waals surface area (Å²) in [7, 11) is 0. The smallest absolute Gasteiger partial charge is 0.263 e. The molecule has 140 valence electrons. The fourth-order valence-electron chi connectivity index (χ4n) is 3.20. The van der Waals surface area contributed by atoms with Gasteiger partial charge in [-0.05, 0) is 37.3 Å². The zero-order valence-corrected chi connectivity index (χ0v) is 16.3. The van der Waals surface area contributed by atoms with Crippen LogP contribution in [0.4, 0.5) is 5.69 Å². The van der Waals surface area contributed by atoms with Gasteiger partial charge in [0.1, 0.15) is 17.1 Å². The van der Waals surface area contributed by atoms with Gasteiger partial charge in [0, 0.05) is 18.2 Å².